The summed E-state index contributed by atoms with van der Waals surface area (Å²) in [6, 6.07) is 1.94. The molecule has 22 heavy (non-hydrogen) atoms. The Balaban J connectivity index is 2.52. The van der Waals surface area contributed by atoms with Crippen molar-refractivity contribution in [1.29, 1.82) is 0 Å². The summed E-state index contributed by atoms with van der Waals surface area (Å²) in [6.45, 7) is 13.6. The molecule has 4 nitrogen and oxygen atoms in total. The smallest absolute Gasteiger partial charge is 0.256 e. The standard InChI is InChI=1S/C18H30N2O2/c1-6-19-9-8-16-14(12-19)11-15(18(4,5)22)17(21)20(16)10-7-13(2)3/h11,13,22H,6-10,12H2,1-5H3. The molecule has 1 N–H and O–H groups in total. The predicted octanol–water partition coefficient (Wildman–Crippen LogP) is 2.50. The van der Waals surface area contributed by atoms with E-state index in [1.807, 2.05) is 10.6 Å². The highest BCUT2D eigenvalue weighted by molar-refractivity contribution is 5.31. The van der Waals surface area contributed by atoms with Gasteiger partial charge in [-0.25, -0.2) is 0 Å². The minimum atomic E-state index is -1.10. The van der Waals surface area contributed by atoms with Gasteiger partial charge in [-0.05, 0) is 44.4 Å². The largest absolute Gasteiger partial charge is 0.386 e. The predicted molar refractivity (Wildman–Crippen MR) is 90.1 cm³/mol. The van der Waals surface area contributed by atoms with Gasteiger partial charge in [0.05, 0.1) is 5.60 Å². The van der Waals surface area contributed by atoms with Gasteiger partial charge in [-0.1, -0.05) is 20.8 Å². The monoisotopic (exact) mass is 306 g/mol. The van der Waals surface area contributed by atoms with Crippen molar-refractivity contribution in [2.24, 2.45) is 5.92 Å². The zero-order chi connectivity index (χ0) is 16.5. The van der Waals surface area contributed by atoms with E-state index in [0.717, 1.165) is 39.0 Å². The Kier molecular flexibility index (Phi) is 5.13. The van der Waals surface area contributed by atoms with Gasteiger partial charge in [0.25, 0.3) is 5.56 Å². The third kappa shape index (κ3) is 3.61. The van der Waals surface area contributed by atoms with Gasteiger partial charge < -0.3 is 9.67 Å². The van der Waals surface area contributed by atoms with Crippen LogP contribution in [0.25, 0.3) is 0 Å². The van der Waals surface area contributed by atoms with E-state index >= 15 is 0 Å². The van der Waals surface area contributed by atoms with Crippen molar-refractivity contribution >= 4 is 0 Å². The van der Waals surface area contributed by atoms with Gasteiger partial charge in [0.1, 0.15) is 0 Å². The van der Waals surface area contributed by atoms with Gasteiger partial charge in [-0.2, -0.15) is 0 Å². The van der Waals surface area contributed by atoms with Gasteiger partial charge in [0.15, 0.2) is 0 Å². The number of likely N-dealkylation sites (N-methyl/N-ethyl adjacent to an activating group) is 1. The summed E-state index contributed by atoms with van der Waals surface area (Å²) < 4.78 is 1.93. The van der Waals surface area contributed by atoms with E-state index in [1.165, 1.54) is 11.3 Å². The van der Waals surface area contributed by atoms with E-state index in [-0.39, 0.29) is 5.56 Å². The van der Waals surface area contributed by atoms with Crippen LogP contribution in [-0.4, -0.2) is 27.7 Å². The number of fused-ring (bicyclic) bond motifs is 1. The lowest BCUT2D eigenvalue weighted by Crippen LogP contribution is -2.39. The average Bonchev–Trinajstić information content (AvgIpc) is 2.43. The fourth-order valence-electron chi connectivity index (χ4n) is 3.11. The van der Waals surface area contributed by atoms with Gasteiger partial charge in [0, 0.05) is 37.3 Å². The molecule has 1 aromatic heterocycles. The van der Waals surface area contributed by atoms with Crippen LogP contribution >= 0.6 is 0 Å². The molecule has 0 spiro atoms. The second kappa shape index (κ2) is 6.55. The highest BCUT2D eigenvalue weighted by Gasteiger charge is 2.27. The molecule has 0 amide bonds. The highest BCUT2D eigenvalue weighted by Crippen LogP contribution is 2.24. The number of rotatable bonds is 5. The lowest BCUT2D eigenvalue weighted by molar-refractivity contribution is 0.0760. The zero-order valence-electron chi connectivity index (χ0n) is 14.6. The Labute approximate surface area is 133 Å². The SMILES string of the molecule is CCN1CCc2c(cc(C(C)(C)O)c(=O)n2CCC(C)C)C1. The lowest BCUT2D eigenvalue weighted by Gasteiger charge is -2.31. The van der Waals surface area contributed by atoms with Crippen LogP contribution in [0, 0.1) is 5.92 Å². The molecule has 2 rings (SSSR count). The lowest BCUT2D eigenvalue weighted by atomic mass is 9.94. The number of hydrogen-bond donors (Lipinski definition) is 1. The molecule has 0 atom stereocenters. The van der Waals surface area contributed by atoms with Crippen molar-refractivity contribution in [3.8, 4) is 0 Å². The minimum absolute atomic E-state index is 0.0168. The van der Waals surface area contributed by atoms with Crippen LogP contribution in [0.15, 0.2) is 10.9 Å². The first kappa shape index (κ1) is 17.2. The quantitative estimate of drug-likeness (QED) is 0.909. The van der Waals surface area contributed by atoms with E-state index in [0.29, 0.717) is 11.5 Å². The van der Waals surface area contributed by atoms with Crippen LogP contribution in [0.4, 0.5) is 0 Å². The normalized spacial score (nSPS) is 16.1. The molecule has 124 valence electrons. The molecule has 0 bridgehead atoms. The zero-order valence-corrected chi connectivity index (χ0v) is 14.6. The van der Waals surface area contributed by atoms with Crippen LogP contribution in [-0.2, 0) is 25.1 Å². The van der Waals surface area contributed by atoms with E-state index in [4.69, 9.17) is 0 Å². The van der Waals surface area contributed by atoms with E-state index < -0.39 is 5.60 Å². The van der Waals surface area contributed by atoms with Gasteiger partial charge in [0.2, 0.25) is 0 Å². The van der Waals surface area contributed by atoms with Crippen LogP contribution in [0.5, 0.6) is 0 Å². The van der Waals surface area contributed by atoms with Crippen molar-refractivity contribution < 1.29 is 5.11 Å². The summed E-state index contributed by atoms with van der Waals surface area (Å²) in [6.07, 6.45) is 1.90. The first-order valence-electron chi connectivity index (χ1n) is 8.44. The molecule has 0 aliphatic carbocycles. The molecule has 0 radical (unpaired) electrons. The number of nitrogens with zero attached hydrogens (tertiary/aromatic N) is 2. The molecular weight excluding hydrogens is 276 g/mol. The van der Waals surface area contributed by atoms with Crippen molar-refractivity contribution in [2.75, 3.05) is 13.1 Å². The van der Waals surface area contributed by atoms with E-state index in [2.05, 4.69) is 25.7 Å². The number of aromatic nitrogens is 1. The van der Waals surface area contributed by atoms with Crippen molar-refractivity contribution in [1.82, 2.24) is 9.47 Å². The van der Waals surface area contributed by atoms with Crippen molar-refractivity contribution in [3.63, 3.8) is 0 Å². The van der Waals surface area contributed by atoms with Crippen molar-refractivity contribution in [2.45, 2.75) is 66.2 Å². The van der Waals surface area contributed by atoms with Gasteiger partial charge in [-0.3, -0.25) is 9.69 Å². The van der Waals surface area contributed by atoms with E-state index in [1.54, 1.807) is 13.8 Å². The maximum atomic E-state index is 12.8. The molecule has 1 aliphatic rings. The summed E-state index contributed by atoms with van der Waals surface area (Å²) in [7, 11) is 0. The highest BCUT2D eigenvalue weighted by atomic mass is 16.3. The van der Waals surface area contributed by atoms with E-state index in [9.17, 15) is 9.90 Å². The minimum Gasteiger partial charge on any atom is -0.386 e. The molecule has 4 heteroatoms. The number of hydrogen-bond acceptors (Lipinski definition) is 3. The topological polar surface area (TPSA) is 45.5 Å². The van der Waals surface area contributed by atoms with Crippen LogP contribution < -0.4 is 5.56 Å². The molecule has 1 aromatic rings. The van der Waals surface area contributed by atoms with Gasteiger partial charge >= 0.3 is 0 Å². The Bertz CT molecular complexity index is 582. The fourth-order valence-corrected chi connectivity index (χ4v) is 3.11. The Hall–Kier alpha value is -1.13. The summed E-state index contributed by atoms with van der Waals surface area (Å²) in [5.74, 6) is 0.559. The first-order chi connectivity index (χ1) is 10.2. The summed E-state index contributed by atoms with van der Waals surface area (Å²) >= 11 is 0. The second-order valence-electron chi connectivity index (χ2n) is 7.35. The third-order valence-electron chi connectivity index (χ3n) is 4.59. The Morgan fingerprint density at radius 1 is 1.36 bits per heavy atom. The fraction of sp³-hybridized carbons (Fsp3) is 0.722. The molecular formula is C18H30N2O2. The molecule has 0 saturated heterocycles. The van der Waals surface area contributed by atoms with Crippen LogP contribution in [0.2, 0.25) is 0 Å². The van der Waals surface area contributed by atoms with Gasteiger partial charge in [-0.15, -0.1) is 0 Å². The number of pyridine rings is 1. The second-order valence-corrected chi connectivity index (χ2v) is 7.35. The molecule has 0 unspecified atom stereocenters. The molecule has 2 heterocycles. The molecule has 0 aromatic carbocycles. The summed E-state index contributed by atoms with van der Waals surface area (Å²) in [4.78, 5) is 15.2. The Morgan fingerprint density at radius 2 is 2.05 bits per heavy atom. The Morgan fingerprint density at radius 3 is 2.59 bits per heavy atom. The summed E-state index contributed by atoms with van der Waals surface area (Å²) in [5.41, 5.74) is 1.78. The summed E-state index contributed by atoms with van der Waals surface area (Å²) in [5, 5.41) is 10.4. The maximum absolute atomic E-state index is 12.8. The van der Waals surface area contributed by atoms with Crippen LogP contribution in [0.1, 0.15) is 57.9 Å². The first-order valence-corrected chi connectivity index (χ1v) is 8.44. The molecule has 0 fully saturated rings. The third-order valence-corrected chi connectivity index (χ3v) is 4.59. The van der Waals surface area contributed by atoms with Crippen LogP contribution in [0.3, 0.4) is 0 Å². The average molecular weight is 306 g/mol. The van der Waals surface area contributed by atoms with Crippen molar-refractivity contribution in [3.05, 3.63) is 33.2 Å². The maximum Gasteiger partial charge on any atom is 0.256 e. The molecule has 1 aliphatic heterocycles. The molecule has 0 saturated carbocycles. The number of aliphatic hydroxyl groups is 1.